The van der Waals surface area contributed by atoms with Crippen LogP contribution in [0.1, 0.15) is 41.7 Å². The Labute approximate surface area is 196 Å². The maximum absolute atomic E-state index is 12.8. The Morgan fingerprint density at radius 2 is 1.97 bits per heavy atom. The van der Waals surface area contributed by atoms with Gasteiger partial charge < -0.3 is 30.5 Å². The minimum absolute atomic E-state index is 0.194. The van der Waals surface area contributed by atoms with Crippen LogP contribution in [0, 0.1) is 6.92 Å². The number of aromatic nitrogens is 1. The van der Waals surface area contributed by atoms with Gasteiger partial charge in [-0.25, -0.2) is 14.6 Å². The third-order valence-corrected chi connectivity index (χ3v) is 5.36. The minimum atomic E-state index is -1.10. The molecule has 0 spiro atoms. The van der Waals surface area contributed by atoms with Gasteiger partial charge in [0.15, 0.2) is 5.13 Å². The lowest BCUT2D eigenvalue weighted by Crippen LogP contribution is -2.49. The fraction of sp³-hybridized carbons (Fsp3) is 0.455. The molecule has 2 amide bonds. The van der Waals surface area contributed by atoms with Crippen LogP contribution in [-0.4, -0.2) is 59.9 Å². The first-order valence-electron chi connectivity index (χ1n) is 10.3. The van der Waals surface area contributed by atoms with E-state index in [0.717, 1.165) is 16.9 Å². The lowest BCUT2D eigenvalue weighted by Gasteiger charge is -2.21. The number of carbonyl (C=O) groups is 3. The molecule has 180 valence electrons. The predicted octanol–water partition coefficient (Wildman–Crippen LogP) is 2.61. The van der Waals surface area contributed by atoms with Crippen LogP contribution in [0.3, 0.4) is 0 Å². The van der Waals surface area contributed by atoms with Crippen molar-refractivity contribution in [2.45, 2.75) is 45.8 Å². The zero-order valence-electron chi connectivity index (χ0n) is 19.4. The number of alkyl carbamates (subject to hydrolysis) is 1. The summed E-state index contributed by atoms with van der Waals surface area (Å²) >= 11 is 1.15. The van der Waals surface area contributed by atoms with Crippen LogP contribution < -0.4 is 16.0 Å². The second-order valence-corrected chi connectivity index (χ2v) is 9.21. The van der Waals surface area contributed by atoms with Crippen molar-refractivity contribution in [1.82, 2.24) is 15.6 Å². The van der Waals surface area contributed by atoms with Crippen molar-refractivity contribution in [2.75, 3.05) is 25.5 Å². The van der Waals surface area contributed by atoms with Gasteiger partial charge in [0, 0.05) is 6.54 Å². The number of nitrogens with one attached hydrogen (secondary N) is 3. The summed E-state index contributed by atoms with van der Waals surface area (Å²) in [6, 6.07) is 5.88. The topological polar surface area (TPSA) is 139 Å². The van der Waals surface area contributed by atoms with Gasteiger partial charge in [-0.3, -0.25) is 4.79 Å². The van der Waals surface area contributed by atoms with Gasteiger partial charge in [0.05, 0.1) is 19.3 Å². The number of amides is 2. The molecule has 10 nitrogen and oxygen atoms in total. The molecule has 0 aliphatic carbocycles. The minimum Gasteiger partial charge on any atom is -0.508 e. The summed E-state index contributed by atoms with van der Waals surface area (Å²) < 4.78 is 9.88. The highest BCUT2D eigenvalue weighted by Gasteiger charge is 2.26. The number of benzene rings is 1. The largest absolute Gasteiger partial charge is 0.508 e. The molecule has 1 heterocycles. The molecule has 1 aromatic heterocycles. The number of anilines is 1. The Morgan fingerprint density at radius 1 is 1.24 bits per heavy atom. The van der Waals surface area contributed by atoms with E-state index < -0.39 is 29.6 Å². The fourth-order valence-corrected chi connectivity index (χ4v) is 3.66. The van der Waals surface area contributed by atoms with E-state index in [2.05, 4.69) is 20.9 Å². The van der Waals surface area contributed by atoms with Crippen molar-refractivity contribution < 1.29 is 29.0 Å². The number of phenols is 1. The molecule has 33 heavy (non-hydrogen) atoms. The molecule has 0 aliphatic heterocycles. The van der Waals surface area contributed by atoms with E-state index in [-0.39, 0.29) is 12.3 Å². The summed E-state index contributed by atoms with van der Waals surface area (Å²) in [6.45, 7) is 7.20. The molecule has 0 unspecified atom stereocenters. The number of hydrogen-bond acceptors (Lipinski definition) is 9. The van der Waals surface area contributed by atoms with Crippen LogP contribution in [0.25, 0.3) is 0 Å². The molecule has 1 aromatic carbocycles. The maximum atomic E-state index is 12.8. The van der Waals surface area contributed by atoms with Gasteiger partial charge in [-0.2, -0.15) is 0 Å². The number of nitrogens with zero attached hydrogens (tertiary/aromatic N) is 1. The molecule has 2 rings (SSSR count). The Hall–Kier alpha value is -3.34. The van der Waals surface area contributed by atoms with Crippen molar-refractivity contribution in [1.29, 1.82) is 0 Å². The standard InChI is InChI=1S/C22H30N4O6S/c1-13-17(33-20(25-13)23-10-9-14-7-6-8-15(27)11-14)18(28)26-16(19(29)31-5)12-24-21(30)32-22(2,3)4/h6-8,11,16,27H,9-10,12H2,1-5H3,(H,23,25)(H,24,30)(H,26,28)/t16-/m0/s1. The molecule has 2 aromatic rings. The average Bonchev–Trinajstić information content (AvgIpc) is 3.09. The number of phenolic OH excluding ortho intramolecular Hbond substituents is 1. The smallest absolute Gasteiger partial charge is 0.407 e. The van der Waals surface area contributed by atoms with Crippen LogP contribution in [0.15, 0.2) is 24.3 Å². The molecular weight excluding hydrogens is 448 g/mol. The lowest BCUT2D eigenvalue weighted by atomic mass is 10.1. The first-order valence-corrected chi connectivity index (χ1v) is 11.1. The third kappa shape index (κ3) is 8.60. The van der Waals surface area contributed by atoms with Crippen LogP contribution in [0.5, 0.6) is 5.75 Å². The van der Waals surface area contributed by atoms with E-state index in [4.69, 9.17) is 9.47 Å². The van der Waals surface area contributed by atoms with Crippen molar-refractivity contribution in [3.63, 3.8) is 0 Å². The van der Waals surface area contributed by atoms with Gasteiger partial charge in [0.1, 0.15) is 22.3 Å². The summed E-state index contributed by atoms with van der Waals surface area (Å²) in [5, 5.41) is 18.3. The van der Waals surface area contributed by atoms with Crippen LogP contribution in [0.4, 0.5) is 9.93 Å². The zero-order chi connectivity index (χ0) is 24.6. The molecular formula is C22H30N4O6S. The van der Waals surface area contributed by atoms with Gasteiger partial charge >= 0.3 is 12.1 Å². The van der Waals surface area contributed by atoms with Gasteiger partial charge in [-0.1, -0.05) is 23.5 Å². The van der Waals surface area contributed by atoms with Gasteiger partial charge in [0.2, 0.25) is 0 Å². The molecule has 0 saturated heterocycles. The third-order valence-electron chi connectivity index (χ3n) is 4.24. The Kier molecular flexibility index (Phi) is 9.03. The van der Waals surface area contributed by atoms with Crippen molar-refractivity contribution >= 4 is 34.4 Å². The Bertz CT molecular complexity index is 986. The quantitative estimate of drug-likeness (QED) is 0.404. The van der Waals surface area contributed by atoms with E-state index in [1.54, 1.807) is 45.9 Å². The highest BCUT2D eigenvalue weighted by Crippen LogP contribution is 2.23. The number of rotatable bonds is 9. The number of thiazole rings is 1. The van der Waals surface area contributed by atoms with Gasteiger partial charge in [-0.05, 0) is 51.8 Å². The number of hydrogen-bond donors (Lipinski definition) is 4. The zero-order valence-corrected chi connectivity index (χ0v) is 20.2. The molecule has 0 bridgehead atoms. The normalized spacial score (nSPS) is 11.9. The van der Waals surface area contributed by atoms with E-state index in [9.17, 15) is 19.5 Å². The number of esters is 1. The number of aromatic hydroxyl groups is 1. The van der Waals surface area contributed by atoms with E-state index >= 15 is 0 Å². The maximum Gasteiger partial charge on any atom is 0.407 e. The lowest BCUT2D eigenvalue weighted by molar-refractivity contribution is -0.142. The molecule has 0 aliphatic rings. The average molecular weight is 479 g/mol. The summed E-state index contributed by atoms with van der Waals surface area (Å²) in [4.78, 5) is 41.4. The number of methoxy groups -OCH3 is 1. The van der Waals surface area contributed by atoms with Crippen molar-refractivity contribution in [3.8, 4) is 5.75 Å². The van der Waals surface area contributed by atoms with Crippen molar-refractivity contribution in [3.05, 3.63) is 40.4 Å². The van der Waals surface area contributed by atoms with Crippen LogP contribution in [-0.2, 0) is 20.7 Å². The van der Waals surface area contributed by atoms with Crippen LogP contribution in [0.2, 0.25) is 0 Å². The second-order valence-electron chi connectivity index (χ2n) is 8.21. The van der Waals surface area contributed by atoms with Gasteiger partial charge in [-0.15, -0.1) is 0 Å². The van der Waals surface area contributed by atoms with Gasteiger partial charge in [0.25, 0.3) is 5.91 Å². The molecule has 1 atom stereocenters. The first kappa shape index (κ1) is 25.9. The van der Waals surface area contributed by atoms with E-state index in [1.165, 1.54) is 7.11 Å². The van der Waals surface area contributed by atoms with Crippen molar-refractivity contribution in [2.24, 2.45) is 0 Å². The fourth-order valence-electron chi connectivity index (χ4n) is 2.77. The highest BCUT2D eigenvalue weighted by atomic mass is 32.1. The predicted molar refractivity (Wildman–Crippen MR) is 125 cm³/mol. The summed E-state index contributed by atoms with van der Waals surface area (Å²) in [5.74, 6) is -1.00. The summed E-state index contributed by atoms with van der Waals surface area (Å²) in [5.41, 5.74) is 0.770. The summed E-state index contributed by atoms with van der Waals surface area (Å²) in [6.07, 6.45) is -0.0483. The monoisotopic (exact) mass is 478 g/mol. The molecule has 0 radical (unpaired) electrons. The Morgan fingerprint density at radius 3 is 2.61 bits per heavy atom. The first-order chi connectivity index (χ1) is 15.5. The molecule has 11 heteroatoms. The molecule has 0 saturated carbocycles. The highest BCUT2D eigenvalue weighted by molar-refractivity contribution is 7.17. The van der Waals surface area contributed by atoms with E-state index in [1.807, 2.05) is 6.07 Å². The number of ether oxygens (including phenoxy) is 2. The number of carbonyl (C=O) groups excluding carboxylic acids is 3. The SMILES string of the molecule is COC(=O)[C@H](CNC(=O)OC(C)(C)C)NC(=O)c1sc(NCCc2cccc(O)c2)nc1C. The summed E-state index contributed by atoms with van der Waals surface area (Å²) in [7, 11) is 1.20. The number of aryl methyl sites for hydroxylation is 1. The second kappa shape index (κ2) is 11.5. The van der Waals surface area contributed by atoms with Crippen LogP contribution >= 0.6 is 11.3 Å². The van der Waals surface area contributed by atoms with E-state index in [0.29, 0.717) is 28.7 Å². The molecule has 0 fully saturated rings. The molecule has 4 N–H and O–H groups in total. The Balaban J connectivity index is 1.96.